The Labute approximate surface area is 78.1 Å². The van der Waals surface area contributed by atoms with Gasteiger partial charge in [-0.25, -0.2) is 13.2 Å². The number of hydrogen-bond donors (Lipinski definition) is 0. The molecule has 0 aliphatic carbocycles. The summed E-state index contributed by atoms with van der Waals surface area (Å²) >= 11 is 5.34. The number of hydrogen-bond acceptors (Lipinski definition) is 1. The van der Waals surface area contributed by atoms with E-state index < -0.39 is 22.5 Å². The van der Waals surface area contributed by atoms with Crippen molar-refractivity contribution in [3.8, 4) is 5.75 Å². The van der Waals surface area contributed by atoms with Gasteiger partial charge in [0.15, 0.2) is 17.5 Å². The molecule has 13 heavy (non-hydrogen) atoms. The van der Waals surface area contributed by atoms with E-state index >= 15 is 0 Å². The molecule has 1 aromatic rings. The molecule has 0 amide bonds. The molecule has 1 aromatic carbocycles. The van der Waals surface area contributed by atoms with Gasteiger partial charge < -0.3 is 4.74 Å². The summed E-state index contributed by atoms with van der Waals surface area (Å²) in [4.78, 5) is 0. The second-order valence-corrected chi connectivity index (χ2v) is 2.61. The molecule has 72 valence electrons. The summed E-state index contributed by atoms with van der Waals surface area (Å²) in [6.07, 6.45) is 0. The van der Waals surface area contributed by atoms with Crippen molar-refractivity contribution in [3.63, 3.8) is 0 Å². The van der Waals surface area contributed by atoms with Crippen molar-refractivity contribution in [2.24, 2.45) is 0 Å². The zero-order valence-corrected chi connectivity index (χ0v) is 7.46. The topological polar surface area (TPSA) is 9.23 Å². The van der Waals surface area contributed by atoms with Crippen LogP contribution >= 0.6 is 11.6 Å². The molecule has 1 rings (SSSR count). The summed E-state index contributed by atoms with van der Waals surface area (Å²) < 4.78 is 42.6. The van der Waals surface area contributed by atoms with E-state index in [1.165, 1.54) is 0 Å². The first kappa shape index (κ1) is 10.2. The average molecular weight is 211 g/mol. The van der Waals surface area contributed by atoms with E-state index in [1.807, 2.05) is 0 Å². The molecule has 1 nitrogen and oxygen atoms in total. The maximum atomic E-state index is 12.7. The van der Waals surface area contributed by atoms with Crippen LogP contribution in [0.5, 0.6) is 5.75 Å². The standard InChI is InChI=1S/C8H6ClF3O/c1-2-13-5-3-4(10)7(11)8(12)6(5)9/h3H,2H2,1H3. The Morgan fingerprint density at radius 2 is 1.92 bits per heavy atom. The first-order valence-electron chi connectivity index (χ1n) is 3.53. The van der Waals surface area contributed by atoms with Crippen LogP contribution in [0.2, 0.25) is 5.02 Å². The quantitative estimate of drug-likeness (QED) is 0.538. The smallest absolute Gasteiger partial charge is 0.196 e. The van der Waals surface area contributed by atoms with E-state index in [1.54, 1.807) is 6.92 Å². The lowest BCUT2D eigenvalue weighted by Gasteiger charge is -2.06. The Morgan fingerprint density at radius 1 is 1.31 bits per heavy atom. The molecule has 0 aliphatic rings. The van der Waals surface area contributed by atoms with E-state index in [-0.39, 0.29) is 12.4 Å². The minimum atomic E-state index is -1.59. The average Bonchev–Trinajstić information content (AvgIpc) is 2.11. The van der Waals surface area contributed by atoms with E-state index in [9.17, 15) is 13.2 Å². The van der Waals surface area contributed by atoms with Crippen molar-refractivity contribution in [1.29, 1.82) is 0 Å². The molecule has 0 spiro atoms. The molecular formula is C8H6ClF3O. The van der Waals surface area contributed by atoms with E-state index in [0.29, 0.717) is 6.07 Å². The van der Waals surface area contributed by atoms with Gasteiger partial charge in [0, 0.05) is 6.07 Å². The second kappa shape index (κ2) is 3.87. The van der Waals surface area contributed by atoms with Crippen LogP contribution in [0, 0.1) is 17.5 Å². The third-order valence-corrected chi connectivity index (χ3v) is 1.72. The molecule has 5 heteroatoms. The zero-order valence-electron chi connectivity index (χ0n) is 6.70. The molecule has 0 saturated heterocycles. The fourth-order valence-corrected chi connectivity index (χ4v) is 1.00. The van der Waals surface area contributed by atoms with Gasteiger partial charge in [-0.15, -0.1) is 0 Å². The highest BCUT2D eigenvalue weighted by atomic mass is 35.5. The number of benzene rings is 1. The summed E-state index contributed by atoms with van der Waals surface area (Å²) in [5.41, 5.74) is 0. The molecule has 0 aromatic heterocycles. The van der Waals surface area contributed by atoms with Gasteiger partial charge in [0.25, 0.3) is 0 Å². The third-order valence-electron chi connectivity index (χ3n) is 1.37. The summed E-state index contributed by atoms with van der Waals surface area (Å²) in [5, 5.41) is -0.541. The first-order chi connectivity index (χ1) is 6.07. The summed E-state index contributed by atoms with van der Waals surface area (Å²) in [6, 6.07) is 0.713. The lowest BCUT2D eigenvalue weighted by Crippen LogP contribution is -1.98. The lowest BCUT2D eigenvalue weighted by molar-refractivity contribution is 0.331. The van der Waals surface area contributed by atoms with Crippen molar-refractivity contribution >= 4 is 11.6 Å². The molecule has 0 N–H and O–H groups in total. The van der Waals surface area contributed by atoms with Crippen LogP contribution < -0.4 is 4.74 Å². The molecule has 0 radical (unpaired) electrons. The lowest BCUT2D eigenvalue weighted by atomic mass is 10.3. The summed E-state index contributed by atoms with van der Waals surface area (Å²) in [7, 11) is 0. The Morgan fingerprint density at radius 3 is 2.46 bits per heavy atom. The zero-order chi connectivity index (χ0) is 10.0. The molecule has 0 atom stereocenters. The normalized spacial score (nSPS) is 10.2. The minimum absolute atomic E-state index is 0.194. The Kier molecular flexibility index (Phi) is 3.03. The largest absolute Gasteiger partial charge is 0.492 e. The van der Waals surface area contributed by atoms with Gasteiger partial charge in [-0.3, -0.25) is 0 Å². The number of halogens is 4. The van der Waals surface area contributed by atoms with Crippen molar-refractivity contribution in [2.75, 3.05) is 6.61 Å². The number of rotatable bonds is 2. The molecule has 0 bridgehead atoms. The predicted octanol–water partition coefficient (Wildman–Crippen LogP) is 3.16. The molecular weight excluding hydrogens is 205 g/mol. The first-order valence-corrected chi connectivity index (χ1v) is 3.91. The highest BCUT2D eigenvalue weighted by molar-refractivity contribution is 6.32. The van der Waals surface area contributed by atoms with Crippen LogP contribution in [0.3, 0.4) is 0 Å². The molecule has 0 saturated carbocycles. The van der Waals surface area contributed by atoms with Crippen LogP contribution in [0.25, 0.3) is 0 Å². The minimum Gasteiger partial charge on any atom is -0.492 e. The fraction of sp³-hybridized carbons (Fsp3) is 0.250. The van der Waals surface area contributed by atoms with Crippen LogP contribution in [0.4, 0.5) is 13.2 Å². The Bertz CT molecular complexity index is 328. The Balaban J connectivity index is 3.24. The van der Waals surface area contributed by atoms with E-state index in [2.05, 4.69) is 0 Å². The van der Waals surface area contributed by atoms with Crippen molar-refractivity contribution in [3.05, 3.63) is 28.5 Å². The maximum Gasteiger partial charge on any atom is 0.196 e. The fourth-order valence-electron chi connectivity index (χ4n) is 0.812. The van der Waals surface area contributed by atoms with Crippen LogP contribution in [-0.4, -0.2) is 6.61 Å². The molecule has 0 unspecified atom stereocenters. The van der Waals surface area contributed by atoms with Gasteiger partial charge in [0.1, 0.15) is 10.8 Å². The predicted molar refractivity (Wildman–Crippen MR) is 42.5 cm³/mol. The molecule has 0 fully saturated rings. The highest BCUT2D eigenvalue weighted by Gasteiger charge is 2.17. The maximum absolute atomic E-state index is 12.7. The molecule has 0 aliphatic heterocycles. The second-order valence-electron chi connectivity index (χ2n) is 2.23. The third kappa shape index (κ3) is 1.88. The summed E-state index contributed by atoms with van der Waals surface area (Å²) in [5.74, 6) is -4.52. The van der Waals surface area contributed by atoms with Crippen LogP contribution in [-0.2, 0) is 0 Å². The van der Waals surface area contributed by atoms with Crippen LogP contribution in [0.1, 0.15) is 6.92 Å². The van der Waals surface area contributed by atoms with Gasteiger partial charge in [-0.2, -0.15) is 0 Å². The monoisotopic (exact) mass is 210 g/mol. The molecule has 0 heterocycles. The van der Waals surface area contributed by atoms with Gasteiger partial charge in [0.05, 0.1) is 6.61 Å². The van der Waals surface area contributed by atoms with E-state index in [0.717, 1.165) is 0 Å². The SMILES string of the molecule is CCOc1cc(F)c(F)c(F)c1Cl. The number of ether oxygens (including phenoxy) is 1. The van der Waals surface area contributed by atoms with Gasteiger partial charge in [-0.1, -0.05) is 11.6 Å². The van der Waals surface area contributed by atoms with Gasteiger partial charge >= 0.3 is 0 Å². The highest BCUT2D eigenvalue weighted by Crippen LogP contribution is 2.30. The van der Waals surface area contributed by atoms with Gasteiger partial charge in [-0.05, 0) is 6.92 Å². The Hall–Kier alpha value is -0.900. The van der Waals surface area contributed by atoms with Crippen molar-refractivity contribution in [2.45, 2.75) is 6.92 Å². The van der Waals surface area contributed by atoms with Crippen molar-refractivity contribution in [1.82, 2.24) is 0 Å². The summed E-state index contributed by atoms with van der Waals surface area (Å²) in [6.45, 7) is 1.82. The van der Waals surface area contributed by atoms with Crippen molar-refractivity contribution < 1.29 is 17.9 Å². The van der Waals surface area contributed by atoms with E-state index in [4.69, 9.17) is 16.3 Å². The van der Waals surface area contributed by atoms with Gasteiger partial charge in [0.2, 0.25) is 0 Å². The van der Waals surface area contributed by atoms with Crippen LogP contribution in [0.15, 0.2) is 6.07 Å².